The van der Waals surface area contributed by atoms with Gasteiger partial charge in [0.15, 0.2) is 0 Å². The van der Waals surface area contributed by atoms with Crippen LogP contribution in [-0.4, -0.2) is 30.8 Å². The van der Waals surface area contributed by atoms with Crippen molar-refractivity contribution in [3.05, 3.63) is 65.7 Å². The van der Waals surface area contributed by atoms with Crippen molar-refractivity contribution in [2.75, 3.05) is 7.11 Å². The Hall–Kier alpha value is -3.02. The summed E-state index contributed by atoms with van der Waals surface area (Å²) in [6.45, 7) is 4.47. The van der Waals surface area contributed by atoms with Gasteiger partial charge in [-0.15, -0.1) is 0 Å². The van der Waals surface area contributed by atoms with E-state index >= 15 is 0 Å². The van der Waals surface area contributed by atoms with Gasteiger partial charge in [-0.2, -0.15) is 0 Å². The molecule has 1 aliphatic rings. The first-order valence-corrected chi connectivity index (χ1v) is 10.7. The smallest absolute Gasteiger partial charge is 0.408 e. The Morgan fingerprint density at radius 2 is 1.74 bits per heavy atom. The Bertz CT molecular complexity index is 876. The zero-order valence-corrected chi connectivity index (χ0v) is 18.4. The third kappa shape index (κ3) is 7.02. The van der Waals surface area contributed by atoms with Crippen molar-refractivity contribution in [3.8, 4) is 5.75 Å². The van der Waals surface area contributed by atoms with E-state index in [1.807, 2.05) is 68.4 Å². The third-order valence-corrected chi connectivity index (χ3v) is 5.27. The van der Waals surface area contributed by atoms with E-state index in [9.17, 15) is 9.59 Å². The Morgan fingerprint density at radius 3 is 2.39 bits per heavy atom. The zero-order valence-electron chi connectivity index (χ0n) is 18.4. The lowest BCUT2D eigenvalue weighted by molar-refractivity contribution is -0.143. The van der Waals surface area contributed by atoms with Crippen molar-refractivity contribution in [2.24, 2.45) is 5.92 Å². The lowest BCUT2D eigenvalue weighted by Gasteiger charge is -2.21. The molecule has 0 spiro atoms. The van der Waals surface area contributed by atoms with Gasteiger partial charge >= 0.3 is 12.1 Å². The molecule has 6 heteroatoms. The number of carbonyl (C=O) groups is 2. The highest BCUT2D eigenvalue weighted by Crippen LogP contribution is 2.43. The number of amides is 1. The van der Waals surface area contributed by atoms with Gasteiger partial charge in [0.2, 0.25) is 0 Å². The van der Waals surface area contributed by atoms with Gasteiger partial charge in [-0.3, -0.25) is 0 Å². The molecule has 1 saturated carbocycles. The van der Waals surface area contributed by atoms with Crippen molar-refractivity contribution >= 4 is 12.1 Å². The summed E-state index contributed by atoms with van der Waals surface area (Å²) in [5, 5.41) is 2.67. The van der Waals surface area contributed by atoms with Gasteiger partial charge in [0.05, 0.1) is 7.11 Å². The number of alkyl carbamates (subject to hydrolysis) is 1. The van der Waals surface area contributed by atoms with E-state index in [4.69, 9.17) is 14.2 Å². The van der Waals surface area contributed by atoms with E-state index in [2.05, 4.69) is 5.32 Å². The predicted molar refractivity (Wildman–Crippen MR) is 118 cm³/mol. The van der Waals surface area contributed by atoms with Crippen molar-refractivity contribution in [3.63, 3.8) is 0 Å². The molecule has 2 aromatic carbocycles. The number of nitrogens with one attached hydrogen (secondary N) is 1. The van der Waals surface area contributed by atoms with E-state index in [-0.39, 0.29) is 5.92 Å². The Labute approximate surface area is 183 Å². The van der Waals surface area contributed by atoms with Crippen LogP contribution >= 0.6 is 0 Å². The standard InChI is InChI=1S/C25H31NO5/c1-18(2)14-22(23(27)29-3)26-24(28)31-25(12-13-25)16-20-10-7-11-21(15-20)30-17-19-8-5-4-6-9-19/h4-11,15,18,22H,12-14,16-17H2,1-3H3,(H,26,28)/t22-/m0/s1. The Morgan fingerprint density at radius 1 is 1.03 bits per heavy atom. The third-order valence-electron chi connectivity index (χ3n) is 5.27. The molecule has 0 saturated heterocycles. The molecule has 0 aliphatic heterocycles. The second kappa shape index (κ2) is 10.3. The van der Waals surface area contributed by atoms with Gasteiger partial charge in [-0.25, -0.2) is 9.59 Å². The summed E-state index contributed by atoms with van der Waals surface area (Å²) in [5.74, 6) is 0.556. The van der Waals surface area contributed by atoms with E-state index in [1.165, 1.54) is 7.11 Å². The number of carbonyl (C=O) groups excluding carboxylic acids is 2. The molecule has 0 radical (unpaired) electrons. The van der Waals surface area contributed by atoms with Gasteiger partial charge < -0.3 is 19.5 Å². The number of rotatable bonds is 10. The normalized spacial score (nSPS) is 15.1. The summed E-state index contributed by atoms with van der Waals surface area (Å²) in [7, 11) is 1.32. The Kier molecular flexibility index (Phi) is 7.55. The van der Waals surface area contributed by atoms with Crippen molar-refractivity contribution in [2.45, 2.75) is 57.8 Å². The van der Waals surface area contributed by atoms with Crippen LogP contribution in [0.15, 0.2) is 54.6 Å². The van der Waals surface area contributed by atoms with Crippen LogP contribution in [0.5, 0.6) is 5.75 Å². The fourth-order valence-electron chi connectivity index (χ4n) is 3.51. The molecule has 6 nitrogen and oxygen atoms in total. The number of methoxy groups -OCH3 is 1. The average molecular weight is 426 g/mol. The highest BCUT2D eigenvalue weighted by molar-refractivity contribution is 5.81. The second-order valence-electron chi connectivity index (χ2n) is 8.52. The summed E-state index contributed by atoms with van der Waals surface area (Å²) in [5.41, 5.74) is 1.62. The molecule has 0 heterocycles. The topological polar surface area (TPSA) is 73.9 Å². The Balaban J connectivity index is 1.55. The van der Waals surface area contributed by atoms with Gasteiger partial charge in [0.25, 0.3) is 0 Å². The molecule has 0 unspecified atom stereocenters. The molecule has 1 fully saturated rings. The van der Waals surface area contributed by atoms with Crippen molar-refractivity contribution in [1.29, 1.82) is 0 Å². The minimum atomic E-state index is -0.706. The fraction of sp³-hybridized carbons (Fsp3) is 0.440. The molecule has 1 aliphatic carbocycles. The second-order valence-corrected chi connectivity index (χ2v) is 8.52. The molecule has 1 atom stereocenters. The summed E-state index contributed by atoms with van der Waals surface area (Å²) in [4.78, 5) is 24.4. The molecule has 1 amide bonds. The lowest BCUT2D eigenvalue weighted by Crippen LogP contribution is -2.44. The number of hydrogen-bond donors (Lipinski definition) is 1. The molecule has 2 aromatic rings. The quantitative estimate of drug-likeness (QED) is 0.561. The van der Waals surface area contributed by atoms with Gasteiger partial charge in [-0.05, 0) is 48.4 Å². The maximum absolute atomic E-state index is 12.5. The molecular weight excluding hydrogens is 394 g/mol. The van der Waals surface area contributed by atoms with Crippen molar-refractivity contribution in [1.82, 2.24) is 5.32 Å². The number of benzene rings is 2. The van der Waals surface area contributed by atoms with Crippen LogP contribution in [0.2, 0.25) is 0 Å². The van der Waals surface area contributed by atoms with E-state index in [1.54, 1.807) is 0 Å². The monoisotopic (exact) mass is 425 g/mol. The highest BCUT2D eigenvalue weighted by Gasteiger charge is 2.47. The van der Waals surface area contributed by atoms with Crippen LogP contribution in [-0.2, 0) is 27.3 Å². The largest absolute Gasteiger partial charge is 0.489 e. The average Bonchev–Trinajstić information content (AvgIpc) is 3.50. The predicted octanol–water partition coefficient (Wildman–Crippen LogP) is 4.65. The van der Waals surface area contributed by atoms with E-state index in [0.717, 1.165) is 29.7 Å². The SMILES string of the molecule is COC(=O)[C@H](CC(C)C)NC(=O)OC1(Cc2cccc(OCc3ccccc3)c2)CC1. The van der Waals surface area contributed by atoms with Crippen molar-refractivity contribution < 1.29 is 23.8 Å². The molecule has 0 aromatic heterocycles. The summed E-state index contributed by atoms with van der Waals surface area (Å²) >= 11 is 0. The van der Waals surface area contributed by atoms with E-state index in [0.29, 0.717) is 19.4 Å². The van der Waals surface area contributed by atoms with Gasteiger partial charge in [0, 0.05) is 6.42 Å². The zero-order chi connectivity index (χ0) is 22.3. The molecule has 31 heavy (non-hydrogen) atoms. The summed E-state index contributed by atoms with van der Waals surface area (Å²) in [6.07, 6.45) is 2.11. The molecule has 0 bridgehead atoms. The van der Waals surface area contributed by atoms with Gasteiger partial charge in [0.1, 0.15) is 24.0 Å². The van der Waals surface area contributed by atoms with Crippen LogP contribution in [0.4, 0.5) is 4.79 Å². The van der Waals surface area contributed by atoms with E-state index < -0.39 is 23.7 Å². The van der Waals surface area contributed by atoms with Crippen LogP contribution in [0.25, 0.3) is 0 Å². The first kappa shape index (κ1) is 22.7. The summed E-state index contributed by atoms with van der Waals surface area (Å²) < 4.78 is 16.4. The van der Waals surface area contributed by atoms with Gasteiger partial charge in [-0.1, -0.05) is 56.3 Å². The molecule has 1 N–H and O–H groups in total. The minimum absolute atomic E-state index is 0.234. The molecule has 166 valence electrons. The number of esters is 1. The minimum Gasteiger partial charge on any atom is -0.489 e. The summed E-state index contributed by atoms with van der Waals surface area (Å²) in [6, 6.07) is 17.2. The maximum Gasteiger partial charge on any atom is 0.408 e. The highest BCUT2D eigenvalue weighted by atomic mass is 16.6. The maximum atomic E-state index is 12.5. The van der Waals surface area contributed by atoms with Crippen LogP contribution in [0.1, 0.15) is 44.2 Å². The lowest BCUT2D eigenvalue weighted by atomic mass is 10.0. The fourth-order valence-corrected chi connectivity index (χ4v) is 3.51. The number of hydrogen-bond acceptors (Lipinski definition) is 5. The molecular formula is C25H31NO5. The van der Waals surface area contributed by atoms with Crippen LogP contribution in [0, 0.1) is 5.92 Å². The first-order valence-electron chi connectivity index (χ1n) is 10.7. The number of ether oxygens (including phenoxy) is 3. The van der Waals surface area contributed by atoms with Crippen LogP contribution in [0.3, 0.4) is 0 Å². The van der Waals surface area contributed by atoms with Crippen LogP contribution < -0.4 is 10.1 Å². The molecule has 3 rings (SSSR count). The first-order chi connectivity index (χ1) is 14.9.